The van der Waals surface area contributed by atoms with E-state index >= 15 is 0 Å². The Kier molecular flexibility index (Phi) is 4.99. The summed E-state index contributed by atoms with van der Waals surface area (Å²) < 4.78 is 5.26. The van der Waals surface area contributed by atoms with Gasteiger partial charge in [0.05, 0.1) is 24.2 Å². The lowest BCUT2D eigenvalue weighted by Crippen LogP contribution is -2.11. The minimum atomic E-state index is -0.157. The van der Waals surface area contributed by atoms with Crippen LogP contribution in [0.4, 0.5) is 5.69 Å². The summed E-state index contributed by atoms with van der Waals surface area (Å²) in [6, 6.07) is 9.10. The van der Waals surface area contributed by atoms with Crippen LogP contribution < -0.4 is 15.8 Å². The summed E-state index contributed by atoms with van der Waals surface area (Å²) in [5, 5.41) is 2.86. The summed E-state index contributed by atoms with van der Waals surface area (Å²) in [6.45, 7) is 2.26. The van der Waals surface area contributed by atoms with E-state index in [2.05, 4.69) is 17.2 Å². The smallest absolute Gasteiger partial charge is 0.265 e. The monoisotopic (exact) mass is 300 g/mol. The minimum absolute atomic E-state index is 0.157. The van der Waals surface area contributed by atoms with E-state index < -0.39 is 0 Å². The highest BCUT2D eigenvalue weighted by Gasteiger charge is 2.11. The van der Waals surface area contributed by atoms with Crippen LogP contribution in [0, 0.1) is 18.8 Å². The summed E-state index contributed by atoms with van der Waals surface area (Å²) in [7, 11) is 1.56. The Labute approximate surface area is 127 Å². The van der Waals surface area contributed by atoms with Crippen molar-refractivity contribution in [2.24, 2.45) is 5.73 Å². The van der Waals surface area contributed by atoms with E-state index in [4.69, 9.17) is 10.5 Å². The number of aryl methyl sites for hydroxylation is 1. The predicted molar refractivity (Wildman–Crippen MR) is 85.9 cm³/mol. The molecule has 2 aromatic rings. The number of hydrogen-bond acceptors (Lipinski definition) is 4. The third-order valence-corrected chi connectivity index (χ3v) is 3.75. The van der Waals surface area contributed by atoms with Crippen molar-refractivity contribution < 1.29 is 9.53 Å². The maximum Gasteiger partial charge on any atom is 0.265 e. The molecule has 5 heteroatoms. The van der Waals surface area contributed by atoms with Crippen LogP contribution in [0.25, 0.3) is 0 Å². The number of ether oxygens (including phenoxy) is 1. The van der Waals surface area contributed by atoms with Gasteiger partial charge in [0.25, 0.3) is 5.91 Å². The standard InChI is InChI=1S/C16H16N2O2S/c1-11-5-8-15(21-11)16(19)18-13-10-12(4-3-9-17)6-7-14(13)20-2/h5-8,10H,9,17H2,1-2H3,(H,18,19). The molecule has 108 valence electrons. The molecule has 3 N–H and O–H groups in total. The fraction of sp³-hybridized carbons (Fsp3) is 0.188. The number of nitrogens with two attached hydrogens (primary N) is 1. The molecule has 0 fully saturated rings. The molecule has 0 saturated heterocycles. The molecule has 0 aliphatic carbocycles. The first-order chi connectivity index (χ1) is 10.1. The van der Waals surface area contributed by atoms with Gasteiger partial charge >= 0.3 is 0 Å². The van der Waals surface area contributed by atoms with Crippen LogP contribution in [-0.2, 0) is 0 Å². The van der Waals surface area contributed by atoms with Crippen molar-refractivity contribution >= 4 is 22.9 Å². The molecule has 0 unspecified atom stereocenters. The minimum Gasteiger partial charge on any atom is -0.495 e. The fourth-order valence-corrected chi connectivity index (χ4v) is 2.54. The number of benzene rings is 1. The highest BCUT2D eigenvalue weighted by molar-refractivity contribution is 7.14. The predicted octanol–water partition coefficient (Wildman–Crippen LogP) is 2.63. The third kappa shape index (κ3) is 3.85. The third-order valence-electron chi connectivity index (χ3n) is 2.75. The summed E-state index contributed by atoms with van der Waals surface area (Å²) in [6.07, 6.45) is 0. The summed E-state index contributed by atoms with van der Waals surface area (Å²) in [5.41, 5.74) is 6.73. The largest absolute Gasteiger partial charge is 0.495 e. The van der Waals surface area contributed by atoms with Crippen molar-refractivity contribution in [1.29, 1.82) is 0 Å². The Morgan fingerprint density at radius 2 is 2.19 bits per heavy atom. The molecule has 0 saturated carbocycles. The number of anilines is 1. The Morgan fingerprint density at radius 3 is 2.81 bits per heavy atom. The van der Waals surface area contributed by atoms with Gasteiger partial charge in [-0.15, -0.1) is 11.3 Å². The lowest BCUT2D eigenvalue weighted by Gasteiger charge is -2.10. The number of carbonyl (C=O) groups excluding carboxylic acids is 1. The average Bonchev–Trinajstić information content (AvgIpc) is 2.92. The lowest BCUT2D eigenvalue weighted by atomic mass is 10.2. The van der Waals surface area contributed by atoms with Gasteiger partial charge < -0.3 is 15.8 Å². The van der Waals surface area contributed by atoms with Gasteiger partial charge in [0.15, 0.2) is 0 Å². The van der Waals surface area contributed by atoms with Gasteiger partial charge in [-0.25, -0.2) is 0 Å². The van der Waals surface area contributed by atoms with E-state index in [0.717, 1.165) is 10.4 Å². The van der Waals surface area contributed by atoms with Crippen molar-refractivity contribution in [2.75, 3.05) is 19.0 Å². The maximum absolute atomic E-state index is 12.2. The molecular formula is C16H16N2O2S. The van der Waals surface area contributed by atoms with E-state index in [1.54, 1.807) is 25.3 Å². The van der Waals surface area contributed by atoms with Crippen molar-refractivity contribution in [1.82, 2.24) is 0 Å². The first kappa shape index (κ1) is 15.1. The quantitative estimate of drug-likeness (QED) is 0.856. The Bertz CT molecular complexity index is 711. The normalized spacial score (nSPS) is 9.67. The molecule has 2 rings (SSSR count). The average molecular weight is 300 g/mol. The first-order valence-electron chi connectivity index (χ1n) is 6.39. The molecule has 1 aromatic heterocycles. The van der Waals surface area contributed by atoms with Crippen LogP contribution in [-0.4, -0.2) is 19.6 Å². The zero-order valence-electron chi connectivity index (χ0n) is 11.9. The van der Waals surface area contributed by atoms with Crippen LogP contribution in [0.2, 0.25) is 0 Å². The molecule has 0 spiro atoms. The molecule has 0 aliphatic rings. The highest BCUT2D eigenvalue weighted by atomic mass is 32.1. The van der Waals surface area contributed by atoms with Crippen molar-refractivity contribution in [3.05, 3.63) is 45.6 Å². The van der Waals surface area contributed by atoms with Gasteiger partial charge in [0, 0.05) is 10.4 Å². The Hall–Kier alpha value is -2.29. The SMILES string of the molecule is COc1ccc(C#CCN)cc1NC(=O)c1ccc(C)s1. The molecule has 0 radical (unpaired) electrons. The topological polar surface area (TPSA) is 64.3 Å². The molecule has 1 heterocycles. The molecule has 1 amide bonds. The summed E-state index contributed by atoms with van der Waals surface area (Å²) in [4.78, 5) is 14.0. The van der Waals surface area contributed by atoms with E-state index in [1.807, 2.05) is 19.1 Å². The van der Waals surface area contributed by atoms with Crippen LogP contribution in [0.15, 0.2) is 30.3 Å². The number of rotatable bonds is 3. The van der Waals surface area contributed by atoms with Crippen LogP contribution in [0.1, 0.15) is 20.1 Å². The van der Waals surface area contributed by atoms with E-state index in [-0.39, 0.29) is 5.91 Å². The van der Waals surface area contributed by atoms with Crippen LogP contribution >= 0.6 is 11.3 Å². The number of carbonyl (C=O) groups is 1. The number of nitrogens with one attached hydrogen (secondary N) is 1. The van der Waals surface area contributed by atoms with Crippen molar-refractivity contribution in [3.63, 3.8) is 0 Å². The molecule has 0 atom stereocenters. The van der Waals surface area contributed by atoms with E-state index in [0.29, 0.717) is 22.9 Å². The first-order valence-corrected chi connectivity index (χ1v) is 7.20. The molecule has 21 heavy (non-hydrogen) atoms. The lowest BCUT2D eigenvalue weighted by molar-refractivity contribution is 0.103. The van der Waals surface area contributed by atoms with Gasteiger partial charge in [-0.1, -0.05) is 11.8 Å². The van der Waals surface area contributed by atoms with E-state index in [9.17, 15) is 4.79 Å². The number of methoxy groups -OCH3 is 1. The second-order valence-corrected chi connectivity index (χ2v) is 5.57. The Balaban J connectivity index is 2.26. The van der Waals surface area contributed by atoms with Gasteiger partial charge in [0.2, 0.25) is 0 Å². The second kappa shape index (κ2) is 6.93. The van der Waals surface area contributed by atoms with Gasteiger partial charge in [-0.05, 0) is 37.3 Å². The molecule has 4 nitrogen and oxygen atoms in total. The van der Waals surface area contributed by atoms with Crippen LogP contribution in [0.5, 0.6) is 5.75 Å². The molecule has 0 aliphatic heterocycles. The van der Waals surface area contributed by atoms with Crippen molar-refractivity contribution in [2.45, 2.75) is 6.92 Å². The maximum atomic E-state index is 12.2. The number of thiophene rings is 1. The van der Waals surface area contributed by atoms with Gasteiger partial charge in [-0.3, -0.25) is 4.79 Å². The summed E-state index contributed by atoms with van der Waals surface area (Å²) in [5.74, 6) is 6.15. The van der Waals surface area contributed by atoms with Crippen molar-refractivity contribution in [3.8, 4) is 17.6 Å². The number of hydrogen-bond donors (Lipinski definition) is 2. The van der Waals surface area contributed by atoms with Gasteiger partial charge in [0.1, 0.15) is 5.75 Å². The second-order valence-electron chi connectivity index (χ2n) is 4.29. The fourth-order valence-electron chi connectivity index (χ4n) is 1.78. The van der Waals surface area contributed by atoms with Gasteiger partial charge in [-0.2, -0.15) is 0 Å². The number of amides is 1. The highest BCUT2D eigenvalue weighted by Crippen LogP contribution is 2.26. The summed E-state index contributed by atoms with van der Waals surface area (Å²) >= 11 is 1.45. The zero-order valence-corrected chi connectivity index (χ0v) is 12.7. The molecule has 1 aromatic carbocycles. The molecular weight excluding hydrogens is 284 g/mol. The van der Waals surface area contributed by atoms with Crippen LogP contribution in [0.3, 0.4) is 0 Å². The zero-order chi connectivity index (χ0) is 15.2. The Morgan fingerprint density at radius 1 is 1.38 bits per heavy atom. The van der Waals surface area contributed by atoms with E-state index in [1.165, 1.54) is 11.3 Å². The molecule has 0 bridgehead atoms.